The summed E-state index contributed by atoms with van der Waals surface area (Å²) in [7, 11) is 3.33. The highest BCUT2D eigenvalue weighted by Crippen LogP contribution is 2.30. The Bertz CT molecular complexity index is 633. The molecule has 0 aliphatic carbocycles. The molecular formula is C18H23N3O2. The molecule has 0 spiro atoms. The molecule has 1 unspecified atom stereocenters. The summed E-state index contributed by atoms with van der Waals surface area (Å²) in [5.41, 5.74) is 2.52. The summed E-state index contributed by atoms with van der Waals surface area (Å²) < 4.78 is 10.7. The monoisotopic (exact) mass is 313 g/mol. The van der Waals surface area contributed by atoms with Crippen molar-refractivity contribution in [2.75, 3.05) is 33.9 Å². The van der Waals surface area contributed by atoms with Crippen LogP contribution in [0.5, 0.6) is 11.5 Å². The van der Waals surface area contributed by atoms with Crippen LogP contribution < -0.4 is 14.8 Å². The molecule has 1 aromatic carbocycles. The number of benzene rings is 1. The third-order valence-electron chi connectivity index (χ3n) is 4.28. The van der Waals surface area contributed by atoms with Crippen LogP contribution in [0, 0.1) is 0 Å². The molecule has 1 N–H and O–H groups in total. The Morgan fingerprint density at radius 1 is 1.13 bits per heavy atom. The quantitative estimate of drug-likeness (QED) is 0.917. The standard InChI is InChI=1S/C18H23N3O2/c1-22-17-4-3-14(11-18(17)23-2)13-21-10-9-20-12-16(21)15-5-7-19-8-6-15/h3-8,11,16,20H,9-10,12-13H2,1-2H3. The molecule has 5 heteroatoms. The number of methoxy groups -OCH3 is 2. The zero-order chi connectivity index (χ0) is 16.1. The molecule has 0 saturated carbocycles. The lowest BCUT2D eigenvalue weighted by molar-refractivity contribution is 0.153. The van der Waals surface area contributed by atoms with Gasteiger partial charge in [0.15, 0.2) is 11.5 Å². The molecule has 1 fully saturated rings. The molecular weight excluding hydrogens is 290 g/mol. The highest BCUT2D eigenvalue weighted by molar-refractivity contribution is 5.42. The van der Waals surface area contributed by atoms with Crippen molar-refractivity contribution in [3.63, 3.8) is 0 Å². The predicted molar refractivity (Wildman–Crippen MR) is 89.8 cm³/mol. The molecule has 5 nitrogen and oxygen atoms in total. The van der Waals surface area contributed by atoms with Crippen molar-refractivity contribution in [2.24, 2.45) is 0 Å². The van der Waals surface area contributed by atoms with Crippen LogP contribution in [0.2, 0.25) is 0 Å². The Kier molecular flexibility index (Phi) is 5.10. The Balaban J connectivity index is 1.79. The fourth-order valence-corrected chi connectivity index (χ4v) is 3.06. The van der Waals surface area contributed by atoms with Crippen LogP contribution in [0.25, 0.3) is 0 Å². The second-order valence-electron chi connectivity index (χ2n) is 5.66. The van der Waals surface area contributed by atoms with Crippen molar-refractivity contribution < 1.29 is 9.47 Å². The van der Waals surface area contributed by atoms with Gasteiger partial charge in [-0.3, -0.25) is 9.88 Å². The minimum Gasteiger partial charge on any atom is -0.493 e. The van der Waals surface area contributed by atoms with Crippen molar-refractivity contribution in [3.8, 4) is 11.5 Å². The second-order valence-corrected chi connectivity index (χ2v) is 5.66. The van der Waals surface area contributed by atoms with Gasteiger partial charge in [0.25, 0.3) is 0 Å². The number of nitrogens with one attached hydrogen (secondary N) is 1. The van der Waals surface area contributed by atoms with E-state index in [4.69, 9.17) is 9.47 Å². The number of hydrogen-bond acceptors (Lipinski definition) is 5. The summed E-state index contributed by atoms with van der Waals surface area (Å²) in [4.78, 5) is 6.61. The highest BCUT2D eigenvalue weighted by Gasteiger charge is 2.24. The first kappa shape index (κ1) is 15.8. The molecule has 0 radical (unpaired) electrons. The zero-order valence-electron chi connectivity index (χ0n) is 13.7. The molecule has 1 aliphatic heterocycles. The van der Waals surface area contributed by atoms with Gasteiger partial charge < -0.3 is 14.8 Å². The zero-order valence-corrected chi connectivity index (χ0v) is 13.7. The first-order chi connectivity index (χ1) is 11.3. The molecule has 1 saturated heterocycles. The Hall–Kier alpha value is -2.11. The number of nitrogens with zero attached hydrogens (tertiary/aromatic N) is 2. The summed E-state index contributed by atoms with van der Waals surface area (Å²) in [5, 5.41) is 3.48. The number of hydrogen-bond donors (Lipinski definition) is 1. The van der Waals surface area contributed by atoms with Gasteiger partial charge >= 0.3 is 0 Å². The van der Waals surface area contributed by atoms with Crippen LogP contribution in [0.1, 0.15) is 17.2 Å². The van der Waals surface area contributed by atoms with Crippen molar-refractivity contribution >= 4 is 0 Å². The molecule has 1 aromatic heterocycles. The predicted octanol–water partition coefficient (Wildman–Crippen LogP) is 2.25. The van der Waals surface area contributed by atoms with Gasteiger partial charge in [0.1, 0.15) is 0 Å². The van der Waals surface area contributed by atoms with Crippen LogP contribution in [-0.2, 0) is 6.54 Å². The van der Waals surface area contributed by atoms with Gasteiger partial charge in [0, 0.05) is 44.6 Å². The minimum atomic E-state index is 0.361. The fraction of sp³-hybridized carbons (Fsp3) is 0.389. The van der Waals surface area contributed by atoms with Crippen LogP contribution in [0.3, 0.4) is 0 Å². The number of piperazine rings is 1. The van der Waals surface area contributed by atoms with Crippen molar-refractivity contribution in [1.29, 1.82) is 0 Å². The van der Waals surface area contributed by atoms with Gasteiger partial charge in [-0.05, 0) is 35.4 Å². The lowest BCUT2D eigenvalue weighted by Gasteiger charge is -2.36. The summed E-state index contributed by atoms with van der Waals surface area (Å²) >= 11 is 0. The Morgan fingerprint density at radius 3 is 2.65 bits per heavy atom. The number of rotatable bonds is 5. The van der Waals surface area contributed by atoms with Gasteiger partial charge in [-0.25, -0.2) is 0 Å². The van der Waals surface area contributed by atoms with Gasteiger partial charge in [-0.1, -0.05) is 6.07 Å². The molecule has 0 amide bonds. The van der Waals surface area contributed by atoms with E-state index in [1.165, 1.54) is 11.1 Å². The number of pyridine rings is 1. The van der Waals surface area contributed by atoms with Gasteiger partial charge in [-0.15, -0.1) is 0 Å². The van der Waals surface area contributed by atoms with Crippen LogP contribution in [0.15, 0.2) is 42.7 Å². The average Bonchev–Trinajstić information content (AvgIpc) is 2.63. The van der Waals surface area contributed by atoms with Gasteiger partial charge in [-0.2, -0.15) is 0 Å². The second kappa shape index (κ2) is 7.44. The van der Waals surface area contributed by atoms with Crippen molar-refractivity contribution in [1.82, 2.24) is 15.2 Å². The number of ether oxygens (including phenoxy) is 2. The summed E-state index contributed by atoms with van der Waals surface area (Å²) in [6, 6.07) is 10.7. The van der Waals surface area contributed by atoms with E-state index in [0.717, 1.165) is 37.7 Å². The minimum absolute atomic E-state index is 0.361. The largest absolute Gasteiger partial charge is 0.493 e. The SMILES string of the molecule is COc1ccc(CN2CCNCC2c2ccncc2)cc1OC. The summed E-state index contributed by atoms with van der Waals surface area (Å²) in [6.45, 7) is 3.86. The summed E-state index contributed by atoms with van der Waals surface area (Å²) in [6.07, 6.45) is 3.72. The van der Waals surface area contributed by atoms with E-state index in [1.54, 1.807) is 14.2 Å². The molecule has 122 valence electrons. The lowest BCUT2D eigenvalue weighted by atomic mass is 10.0. The van der Waals surface area contributed by atoms with Crippen LogP contribution >= 0.6 is 0 Å². The van der Waals surface area contributed by atoms with Crippen molar-refractivity contribution in [3.05, 3.63) is 53.9 Å². The van der Waals surface area contributed by atoms with E-state index in [0.29, 0.717) is 6.04 Å². The van der Waals surface area contributed by atoms with Gasteiger partial charge in [0.05, 0.1) is 14.2 Å². The maximum atomic E-state index is 5.41. The Morgan fingerprint density at radius 2 is 1.91 bits per heavy atom. The molecule has 0 bridgehead atoms. The van der Waals surface area contributed by atoms with Crippen LogP contribution in [-0.4, -0.2) is 43.7 Å². The van der Waals surface area contributed by atoms with E-state index < -0.39 is 0 Å². The Labute approximate surface area is 137 Å². The van der Waals surface area contributed by atoms with Crippen molar-refractivity contribution in [2.45, 2.75) is 12.6 Å². The topological polar surface area (TPSA) is 46.6 Å². The third kappa shape index (κ3) is 3.63. The normalized spacial score (nSPS) is 18.6. The molecule has 3 rings (SSSR count). The first-order valence-electron chi connectivity index (χ1n) is 7.87. The van der Waals surface area contributed by atoms with E-state index in [1.807, 2.05) is 18.5 Å². The van der Waals surface area contributed by atoms with E-state index in [2.05, 4.69) is 39.5 Å². The van der Waals surface area contributed by atoms with E-state index in [9.17, 15) is 0 Å². The highest BCUT2D eigenvalue weighted by atomic mass is 16.5. The number of aromatic nitrogens is 1. The van der Waals surface area contributed by atoms with E-state index >= 15 is 0 Å². The molecule has 1 atom stereocenters. The van der Waals surface area contributed by atoms with E-state index in [-0.39, 0.29) is 0 Å². The smallest absolute Gasteiger partial charge is 0.161 e. The molecule has 2 heterocycles. The maximum Gasteiger partial charge on any atom is 0.161 e. The molecule has 1 aliphatic rings. The van der Waals surface area contributed by atoms with Crippen LogP contribution in [0.4, 0.5) is 0 Å². The maximum absolute atomic E-state index is 5.41. The fourth-order valence-electron chi connectivity index (χ4n) is 3.06. The molecule has 23 heavy (non-hydrogen) atoms. The van der Waals surface area contributed by atoms with Gasteiger partial charge in [0.2, 0.25) is 0 Å². The third-order valence-corrected chi connectivity index (χ3v) is 4.28. The first-order valence-corrected chi connectivity index (χ1v) is 7.87. The lowest BCUT2D eigenvalue weighted by Crippen LogP contribution is -2.45. The molecule has 2 aromatic rings. The average molecular weight is 313 g/mol. The summed E-state index contributed by atoms with van der Waals surface area (Å²) in [5.74, 6) is 1.54.